The molecule has 0 bridgehead atoms. The molecule has 150 valence electrons. The van der Waals surface area contributed by atoms with E-state index in [1.807, 2.05) is 48.5 Å². The molecule has 1 aliphatic carbocycles. The van der Waals surface area contributed by atoms with Crippen molar-refractivity contribution in [3.8, 4) is 17.2 Å². The van der Waals surface area contributed by atoms with E-state index in [0.717, 1.165) is 11.3 Å². The van der Waals surface area contributed by atoms with Crippen LogP contribution in [0.2, 0.25) is 5.02 Å². The number of aromatic nitrogens is 2. The number of methoxy groups -OCH3 is 1. The second kappa shape index (κ2) is 7.79. The zero-order chi connectivity index (χ0) is 20.4. The molecule has 4 rings (SSSR count). The summed E-state index contributed by atoms with van der Waals surface area (Å²) in [5, 5.41) is 14.9. The van der Waals surface area contributed by atoms with Crippen LogP contribution in [-0.4, -0.2) is 33.6 Å². The van der Waals surface area contributed by atoms with E-state index in [1.165, 1.54) is 6.20 Å². The maximum atomic E-state index is 12.2. The number of carbonyl (C=O) groups is 1. The molecule has 1 fully saturated rings. The fraction of sp³-hybridized carbons (Fsp3) is 0.273. The van der Waals surface area contributed by atoms with E-state index in [1.54, 1.807) is 18.0 Å². The first-order chi connectivity index (χ1) is 14.0. The number of carboxylic acid groups (broad SMARTS) is 1. The van der Waals surface area contributed by atoms with Crippen LogP contribution in [0.5, 0.6) is 11.5 Å². The molecule has 2 aromatic carbocycles. The van der Waals surface area contributed by atoms with Crippen molar-refractivity contribution in [2.24, 2.45) is 0 Å². The van der Waals surface area contributed by atoms with Gasteiger partial charge < -0.3 is 14.6 Å². The molecule has 0 aliphatic heterocycles. The summed E-state index contributed by atoms with van der Waals surface area (Å²) in [6.07, 6.45) is 4.72. The Kier molecular flexibility index (Phi) is 5.20. The number of ether oxygens (including phenoxy) is 2. The molecule has 1 saturated carbocycles. The minimum absolute atomic E-state index is 0.0778. The van der Waals surface area contributed by atoms with Crippen molar-refractivity contribution in [1.82, 2.24) is 9.78 Å². The van der Waals surface area contributed by atoms with E-state index in [0.29, 0.717) is 35.8 Å². The molecule has 1 N–H and O–H groups in total. The molecule has 1 aliphatic rings. The molecule has 3 aromatic rings. The summed E-state index contributed by atoms with van der Waals surface area (Å²) < 4.78 is 13.0. The lowest BCUT2D eigenvalue weighted by molar-refractivity contribution is -0.154. The van der Waals surface area contributed by atoms with Gasteiger partial charge in [0.15, 0.2) is 5.75 Å². The average molecular weight is 413 g/mol. The van der Waals surface area contributed by atoms with E-state index < -0.39 is 11.6 Å². The van der Waals surface area contributed by atoms with Gasteiger partial charge in [0, 0.05) is 11.4 Å². The Balaban J connectivity index is 1.57. The number of halogens is 1. The van der Waals surface area contributed by atoms with E-state index in [9.17, 15) is 9.90 Å². The average Bonchev–Trinajstić information content (AvgIpc) is 3.36. The van der Waals surface area contributed by atoms with Gasteiger partial charge in [0.1, 0.15) is 11.4 Å². The summed E-state index contributed by atoms with van der Waals surface area (Å²) in [6.45, 7) is 0. The van der Waals surface area contributed by atoms with Gasteiger partial charge in [0.05, 0.1) is 19.5 Å². The molecule has 0 amide bonds. The lowest BCUT2D eigenvalue weighted by Crippen LogP contribution is -2.42. The molecule has 2 atom stereocenters. The van der Waals surface area contributed by atoms with Gasteiger partial charge >= 0.3 is 5.97 Å². The largest absolute Gasteiger partial charge is 0.494 e. The van der Waals surface area contributed by atoms with Crippen molar-refractivity contribution in [1.29, 1.82) is 0 Å². The molecular weight excluding hydrogens is 392 g/mol. The van der Waals surface area contributed by atoms with Gasteiger partial charge in [-0.15, -0.1) is 0 Å². The van der Waals surface area contributed by atoms with Crippen LogP contribution < -0.4 is 9.47 Å². The molecule has 1 heterocycles. The summed E-state index contributed by atoms with van der Waals surface area (Å²) in [5.41, 5.74) is 0.494. The fourth-order valence-electron chi connectivity index (χ4n) is 3.92. The highest BCUT2D eigenvalue weighted by Gasteiger charge is 2.48. The summed E-state index contributed by atoms with van der Waals surface area (Å²) in [6, 6.07) is 15.0. The van der Waals surface area contributed by atoms with Crippen molar-refractivity contribution in [3.05, 3.63) is 71.5 Å². The standard InChI is InChI=1S/C22H21ClN2O4/c1-28-20-8-3-2-7-19(20)25-14-18(13-24-25)29-22(21(26)27)10-9-16(12-22)15-5-4-6-17(23)11-15/h2-8,11,13-14,16H,9-10,12H2,1H3,(H,26,27). The normalized spacial score (nSPS) is 21.1. The van der Waals surface area contributed by atoms with Crippen LogP contribution in [0.25, 0.3) is 5.69 Å². The van der Waals surface area contributed by atoms with E-state index >= 15 is 0 Å². The molecular formula is C22H21ClN2O4. The zero-order valence-corrected chi connectivity index (χ0v) is 16.7. The Morgan fingerprint density at radius 2 is 2.10 bits per heavy atom. The molecule has 2 unspecified atom stereocenters. The summed E-state index contributed by atoms with van der Waals surface area (Å²) in [4.78, 5) is 12.2. The molecule has 29 heavy (non-hydrogen) atoms. The second-order valence-electron chi connectivity index (χ2n) is 7.19. The van der Waals surface area contributed by atoms with Crippen molar-refractivity contribution in [3.63, 3.8) is 0 Å². The van der Waals surface area contributed by atoms with Crippen LogP contribution in [-0.2, 0) is 4.79 Å². The summed E-state index contributed by atoms with van der Waals surface area (Å²) >= 11 is 6.10. The Hall–Kier alpha value is -2.99. The number of benzene rings is 2. The first-order valence-corrected chi connectivity index (χ1v) is 9.74. The third-order valence-corrected chi connectivity index (χ3v) is 5.62. The second-order valence-corrected chi connectivity index (χ2v) is 7.63. The summed E-state index contributed by atoms with van der Waals surface area (Å²) in [7, 11) is 1.59. The number of para-hydroxylation sites is 2. The van der Waals surface area contributed by atoms with Crippen LogP contribution >= 0.6 is 11.6 Å². The Morgan fingerprint density at radius 3 is 2.86 bits per heavy atom. The fourth-order valence-corrected chi connectivity index (χ4v) is 4.12. The predicted octanol–water partition coefficient (Wildman–Crippen LogP) is 4.70. The Labute approximate surface area is 173 Å². The highest BCUT2D eigenvalue weighted by molar-refractivity contribution is 6.30. The highest BCUT2D eigenvalue weighted by Crippen LogP contribution is 2.44. The molecule has 0 saturated heterocycles. The third kappa shape index (κ3) is 3.80. The summed E-state index contributed by atoms with van der Waals surface area (Å²) in [5.74, 6) is 0.183. The zero-order valence-electron chi connectivity index (χ0n) is 15.9. The number of nitrogens with zero attached hydrogens (tertiary/aromatic N) is 2. The van der Waals surface area contributed by atoms with Gasteiger partial charge in [-0.05, 0) is 48.6 Å². The van der Waals surface area contributed by atoms with Crippen LogP contribution in [0.3, 0.4) is 0 Å². The Morgan fingerprint density at radius 1 is 1.28 bits per heavy atom. The molecule has 0 spiro atoms. The number of carboxylic acids is 1. The van der Waals surface area contributed by atoms with Crippen molar-refractivity contribution in [2.45, 2.75) is 30.8 Å². The first kappa shape index (κ1) is 19.3. The molecule has 7 heteroatoms. The van der Waals surface area contributed by atoms with Crippen molar-refractivity contribution < 1.29 is 19.4 Å². The van der Waals surface area contributed by atoms with Gasteiger partial charge in [-0.3, -0.25) is 0 Å². The highest BCUT2D eigenvalue weighted by atomic mass is 35.5. The minimum Gasteiger partial charge on any atom is -0.494 e. The molecule has 1 aromatic heterocycles. The monoisotopic (exact) mass is 412 g/mol. The minimum atomic E-state index is -1.29. The first-order valence-electron chi connectivity index (χ1n) is 9.37. The maximum absolute atomic E-state index is 12.2. The smallest absolute Gasteiger partial charge is 0.348 e. The maximum Gasteiger partial charge on any atom is 0.348 e. The van der Waals surface area contributed by atoms with E-state index in [4.69, 9.17) is 21.1 Å². The van der Waals surface area contributed by atoms with Crippen LogP contribution in [0.4, 0.5) is 0 Å². The van der Waals surface area contributed by atoms with Crippen LogP contribution in [0.1, 0.15) is 30.7 Å². The van der Waals surface area contributed by atoms with Gasteiger partial charge in [0.25, 0.3) is 0 Å². The predicted molar refractivity (Wildman–Crippen MR) is 109 cm³/mol. The number of hydrogen-bond donors (Lipinski definition) is 1. The van der Waals surface area contributed by atoms with Gasteiger partial charge in [-0.2, -0.15) is 5.10 Å². The lowest BCUT2D eigenvalue weighted by Gasteiger charge is -2.25. The van der Waals surface area contributed by atoms with Crippen molar-refractivity contribution in [2.75, 3.05) is 7.11 Å². The molecule has 0 radical (unpaired) electrons. The Bertz CT molecular complexity index is 1030. The topological polar surface area (TPSA) is 73.6 Å². The van der Waals surface area contributed by atoms with E-state index in [2.05, 4.69) is 5.10 Å². The van der Waals surface area contributed by atoms with Gasteiger partial charge in [0.2, 0.25) is 5.60 Å². The van der Waals surface area contributed by atoms with E-state index in [-0.39, 0.29) is 5.92 Å². The quantitative estimate of drug-likeness (QED) is 0.635. The van der Waals surface area contributed by atoms with Crippen LogP contribution in [0, 0.1) is 0 Å². The van der Waals surface area contributed by atoms with Crippen molar-refractivity contribution >= 4 is 17.6 Å². The van der Waals surface area contributed by atoms with Crippen LogP contribution in [0.15, 0.2) is 60.9 Å². The number of aliphatic carboxylic acids is 1. The van der Waals surface area contributed by atoms with Gasteiger partial charge in [-0.1, -0.05) is 35.9 Å². The van der Waals surface area contributed by atoms with Gasteiger partial charge in [-0.25, -0.2) is 9.48 Å². The third-order valence-electron chi connectivity index (χ3n) is 5.39. The number of rotatable bonds is 6. The number of hydrogen-bond acceptors (Lipinski definition) is 4. The SMILES string of the molecule is COc1ccccc1-n1cc(OC2(C(=O)O)CCC(c3cccc(Cl)c3)C2)cn1. The lowest BCUT2D eigenvalue weighted by atomic mass is 9.94. The molecule has 6 nitrogen and oxygen atoms in total.